The van der Waals surface area contributed by atoms with Crippen LogP contribution in [0.2, 0.25) is 0 Å². The first-order chi connectivity index (χ1) is 14.3. The quantitative estimate of drug-likeness (QED) is 0.554. The molecule has 1 N–H and O–H groups in total. The van der Waals surface area contributed by atoms with E-state index in [1.165, 1.54) is 49.8 Å². The van der Waals surface area contributed by atoms with Gasteiger partial charge in [0, 0.05) is 11.6 Å². The zero-order valence-electron chi connectivity index (χ0n) is 16.9. The third kappa shape index (κ3) is 3.92. The van der Waals surface area contributed by atoms with Gasteiger partial charge in [-0.2, -0.15) is 0 Å². The Morgan fingerprint density at radius 2 is 1.83 bits per heavy atom. The van der Waals surface area contributed by atoms with Gasteiger partial charge in [-0.1, -0.05) is 56.4 Å². The standard InChI is InChI=1S/C26H30FNO/c27-20-11-9-19(10-12-20)26-23-8-4-7-22(23)24-17-21(13-14-25(24)28-26)29-16-15-18-5-2-1-3-6-18/h4,7,9-14,17-18,22-23,26,28H,1-3,5-6,8,15-16H2. The normalized spacial score (nSPS) is 25.9. The number of nitrogens with one attached hydrogen (secondary N) is 1. The third-order valence-electron chi connectivity index (χ3n) is 7.08. The molecule has 1 heterocycles. The molecular formula is C26H30FNO. The van der Waals surface area contributed by atoms with Crippen molar-refractivity contribution in [2.75, 3.05) is 11.9 Å². The molecule has 0 spiro atoms. The van der Waals surface area contributed by atoms with Crippen molar-refractivity contribution in [2.45, 2.75) is 56.9 Å². The summed E-state index contributed by atoms with van der Waals surface area (Å²) < 4.78 is 19.5. The summed E-state index contributed by atoms with van der Waals surface area (Å²) in [5, 5.41) is 3.72. The molecular weight excluding hydrogens is 361 g/mol. The van der Waals surface area contributed by atoms with Crippen LogP contribution in [-0.4, -0.2) is 6.61 Å². The van der Waals surface area contributed by atoms with Crippen LogP contribution in [0.4, 0.5) is 10.1 Å². The predicted octanol–water partition coefficient (Wildman–Crippen LogP) is 7.00. The number of benzene rings is 2. The first-order valence-corrected chi connectivity index (χ1v) is 11.2. The van der Waals surface area contributed by atoms with Crippen LogP contribution in [0, 0.1) is 17.7 Å². The number of fused-ring (bicyclic) bond motifs is 3. The van der Waals surface area contributed by atoms with Crippen LogP contribution in [0.5, 0.6) is 5.75 Å². The SMILES string of the molecule is Fc1ccc(C2Nc3ccc(OCCC4CCCCC4)cc3C3C=CCC32)cc1. The second-order valence-electron chi connectivity index (χ2n) is 8.92. The van der Waals surface area contributed by atoms with Crippen molar-refractivity contribution in [1.29, 1.82) is 0 Å². The van der Waals surface area contributed by atoms with Gasteiger partial charge >= 0.3 is 0 Å². The van der Waals surface area contributed by atoms with Crippen molar-refractivity contribution >= 4 is 5.69 Å². The smallest absolute Gasteiger partial charge is 0.123 e. The minimum absolute atomic E-state index is 0.180. The van der Waals surface area contributed by atoms with Crippen molar-refractivity contribution in [1.82, 2.24) is 0 Å². The van der Waals surface area contributed by atoms with Crippen molar-refractivity contribution in [3.8, 4) is 5.75 Å². The highest BCUT2D eigenvalue weighted by Crippen LogP contribution is 2.50. The van der Waals surface area contributed by atoms with E-state index in [4.69, 9.17) is 4.74 Å². The molecule has 29 heavy (non-hydrogen) atoms. The molecule has 152 valence electrons. The Bertz CT molecular complexity index is 869. The molecule has 2 nitrogen and oxygen atoms in total. The van der Waals surface area contributed by atoms with Crippen LogP contribution in [0.1, 0.15) is 68.0 Å². The van der Waals surface area contributed by atoms with Crippen LogP contribution in [0.15, 0.2) is 54.6 Å². The van der Waals surface area contributed by atoms with E-state index in [-0.39, 0.29) is 11.9 Å². The maximum absolute atomic E-state index is 13.4. The Labute approximate surface area is 173 Å². The minimum Gasteiger partial charge on any atom is -0.494 e. The molecule has 0 amide bonds. The number of hydrogen-bond donors (Lipinski definition) is 1. The monoisotopic (exact) mass is 391 g/mol. The van der Waals surface area contributed by atoms with Gasteiger partial charge in [-0.05, 0) is 66.1 Å². The molecule has 0 aromatic heterocycles. The van der Waals surface area contributed by atoms with Crippen LogP contribution in [0.25, 0.3) is 0 Å². The van der Waals surface area contributed by atoms with E-state index in [2.05, 4.69) is 35.7 Å². The molecule has 3 unspecified atom stereocenters. The first-order valence-electron chi connectivity index (χ1n) is 11.2. The highest BCUT2D eigenvalue weighted by atomic mass is 19.1. The van der Waals surface area contributed by atoms with Crippen LogP contribution in [0.3, 0.4) is 0 Å². The summed E-state index contributed by atoms with van der Waals surface area (Å²) in [6.07, 6.45) is 13.8. The van der Waals surface area contributed by atoms with E-state index in [1.54, 1.807) is 12.1 Å². The lowest BCUT2D eigenvalue weighted by Gasteiger charge is -2.37. The fourth-order valence-corrected chi connectivity index (χ4v) is 5.48. The molecule has 2 aliphatic carbocycles. The molecule has 0 saturated heterocycles. The number of hydrogen-bond acceptors (Lipinski definition) is 2. The minimum atomic E-state index is -0.180. The van der Waals surface area contributed by atoms with Crippen LogP contribution in [-0.2, 0) is 0 Å². The average Bonchev–Trinajstić information content (AvgIpc) is 3.25. The topological polar surface area (TPSA) is 21.3 Å². The summed E-state index contributed by atoms with van der Waals surface area (Å²) in [7, 11) is 0. The Morgan fingerprint density at radius 3 is 2.66 bits per heavy atom. The number of anilines is 1. The van der Waals surface area contributed by atoms with Gasteiger partial charge in [0.1, 0.15) is 11.6 Å². The second kappa shape index (κ2) is 8.22. The molecule has 0 radical (unpaired) electrons. The maximum Gasteiger partial charge on any atom is 0.123 e. The van der Waals surface area contributed by atoms with Crippen molar-refractivity contribution in [3.05, 3.63) is 71.6 Å². The molecule has 5 rings (SSSR count). The number of ether oxygens (including phenoxy) is 1. The predicted molar refractivity (Wildman–Crippen MR) is 116 cm³/mol. The van der Waals surface area contributed by atoms with E-state index < -0.39 is 0 Å². The molecule has 2 aromatic rings. The molecule has 1 fully saturated rings. The van der Waals surface area contributed by atoms with Gasteiger partial charge in [-0.25, -0.2) is 4.39 Å². The molecule has 3 aliphatic rings. The third-order valence-corrected chi connectivity index (χ3v) is 7.08. The molecule has 2 aromatic carbocycles. The lowest BCUT2D eigenvalue weighted by atomic mass is 9.77. The Morgan fingerprint density at radius 1 is 1.00 bits per heavy atom. The summed E-state index contributed by atoms with van der Waals surface area (Å²) in [4.78, 5) is 0. The summed E-state index contributed by atoms with van der Waals surface area (Å²) in [5.74, 6) is 2.51. The van der Waals surface area contributed by atoms with Gasteiger partial charge in [0.25, 0.3) is 0 Å². The summed E-state index contributed by atoms with van der Waals surface area (Å²) in [6.45, 7) is 0.818. The van der Waals surface area contributed by atoms with Gasteiger partial charge in [0.15, 0.2) is 0 Å². The molecule has 3 atom stereocenters. The van der Waals surface area contributed by atoms with Gasteiger partial charge in [0.05, 0.1) is 12.6 Å². The summed E-state index contributed by atoms with van der Waals surface area (Å²) in [6, 6.07) is 13.6. The second-order valence-corrected chi connectivity index (χ2v) is 8.92. The van der Waals surface area contributed by atoms with Gasteiger partial charge in [-0.15, -0.1) is 0 Å². The van der Waals surface area contributed by atoms with Gasteiger partial charge in [0.2, 0.25) is 0 Å². The average molecular weight is 392 g/mol. The zero-order chi connectivity index (χ0) is 19.6. The lowest BCUT2D eigenvalue weighted by molar-refractivity contribution is 0.246. The Balaban J connectivity index is 1.31. The molecule has 1 aliphatic heterocycles. The van der Waals surface area contributed by atoms with Crippen LogP contribution >= 0.6 is 0 Å². The highest BCUT2D eigenvalue weighted by molar-refractivity contribution is 5.61. The number of allylic oxidation sites excluding steroid dienone is 2. The summed E-state index contributed by atoms with van der Waals surface area (Å²) in [5.41, 5.74) is 3.66. The van der Waals surface area contributed by atoms with E-state index in [1.807, 2.05) is 12.1 Å². The fraction of sp³-hybridized carbons (Fsp3) is 0.462. The first kappa shape index (κ1) is 18.7. The van der Waals surface area contributed by atoms with Crippen molar-refractivity contribution in [3.63, 3.8) is 0 Å². The molecule has 1 saturated carbocycles. The van der Waals surface area contributed by atoms with Crippen molar-refractivity contribution in [2.24, 2.45) is 11.8 Å². The molecule has 3 heteroatoms. The number of rotatable bonds is 5. The maximum atomic E-state index is 13.4. The van der Waals surface area contributed by atoms with Crippen LogP contribution < -0.4 is 10.1 Å². The van der Waals surface area contributed by atoms with E-state index in [9.17, 15) is 4.39 Å². The molecule has 0 bridgehead atoms. The largest absolute Gasteiger partial charge is 0.494 e. The van der Waals surface area contributed by atoms with E-state index in [0.717, 1.165) is 30.3 Å². The lowest BCUT2D eigenvalue weighted by Crippen LogP contribution is -2.29. The number of halogens is 1. The fourth-order valence-electron chi connectivity index (χ4n) is 5.48. The van der Waals surface area contributed by atoms with E-state index in [0.29, 0.717) is 11.8 Å². The van der Waals surface area contributed by atoms with Crippen molar-refractivity contribution < 1.29 is 9.13 Å². The van der Waals surface area contributed by atoms with Gasteiger partial charge < -0.3 is 10.1 Å². The zero-order valence-corrected chi connectivity index (χ0v) is 16.9. The van der Waals surface area contributed by atoms with Gasteiger partial charge in [-0.3, -0.25) is 0 Å². The Hall–Kier alpha value is -2.29. The highest BCUT2D eigenvalue weighted by Gasteiger charge is 2.38. The van der Waals surface area contributed by atoms with E-state index >= 15 is 0 Å². The Kier molecular flexibility index (Phi) is 5.30. The summed E-state index contributed by atoms with van der Waals surface area (Å²) >= 11 is 0.